The molecule has 1 fully saturated rings. The molecule has 0 saturated carbocycles. The number of anilines is 2. The summed E-state index contributed by atoms with van der Waals surface area (Å²) < 4.78 is 5.64. The van der Waals surface area contributed by atoms with Gasteiger partial charge in [0.25, 0.3) is 0 Å². The Morgan fingerprint density at radius 3 is 2.71 bits per heavy atom. The van der Waals surface area contributed by atoms with Crippen LogP contribution in [0.1, 0.15) is 68.2 Å². The van der Waals surface area contributed by atoms with Gasteiger partial charge in [0.2, 0.25) is 0 Å². The number of benzene rings is 2. The first-order valence-electron chi connectivity index (χ1n) is 12.7. The number of aliphatic imine (C=N–C) groups is 1. The van der Waals surface area contributed by atoms with Gasteiger partial charge < -0.3 is 20.3 Å². The summed E-state index contributed by atoms with van der Waals surface area (Å²) in [5.41, 5.74) is 7.77. The number of amides is 2. The lowest BCUT2D eigenvalue weighted by atomic mass is 9.93. The molecule has 0 aromatic heterocycles. The summed E-state index contributed by atoms with van der Waals surface area (Å²) in [6, 6.07) is 10.4. The van der Waals surface area contributed by atoms with Crippen molar-refractivity contribution in [2.45, 2.75) is 65.5 Å². The molecule has 2 aromatic carbocycles. The Kier molecular flexibility index (Phi) is 7.79. The molecule has 2 N–H and O–H groups in total. The number of nitrogens with one attached hydrogen (secondary N) is 2. The molecule has 2 aliphatic heterocycles. The molecular formula is C29H38N4O2. The predicted octanol–water partition coefficient (Wildman–Crippen LogP) is 6.30. The molecule has 0 bridgehead atoms. The largest absolute Gasteiger partial charge is 0.496 e. The van der Waals surface area contributed by atoms with Gasteiger partial charge in [0, 0.05) is 54.9 Å². The van der Waals surface area contributed by atoms with E-state index in [2.05, 4.69) is 66.4 Å². The first-order valence-corrected chi connectivity index (χ1v) is 12.7. The first kappa shape index (κ1) is 24.8. The third kappa shape index (κ3) is 5.87. The van der Waals surface area contributed by atoms with Crippen molar-refractivity contribution in [3.05, 3.63) is 58.7 Å². The summed E-state index contributed by atoms with van der Waals surface area (Å²) in [6.07, 6.45) is 7.42. The lowest BCUT2D eigenvalue weighted by Crippen LogP contribution is -2.38. The molecule has 2 heterocycles. The fourth-order valence-electron chi connectivity index (χ4n) is 4.59. The van der Waals surface area contributed by atoms with Crippen LogP contribution in [0.4, 0.5) is 16.2 Å². The number of urea groups is 1. The van der Waals surface area contributed by atoms with Crippen molar-refractivity contribution in [2.24, 2.45) is 4.99 Å². The van der Waals surface area contributed by atoms with E-state index < -0.39 is 0 Å². The van der Waals surface area contributed by atoms with Gasteiger partial charge in [-0.1, -0.05) is 26.0 Å². The Bertz CT molecular complexity index is 1130. The van der Waals surface area contributed by atoms with Crippen LogP contribution in [0.15, 0.2) is 41.4 Å². The molecule has 6 nitrogen and oxygen atoms in total. The fraction of sp³-hybridized carbons (Fsp3) is 0.448. The van der Waals surface area contributed by atoms with Gasteiger partial charge in [0.05, 0.1) is 7.11 Å². The molecule has 0 spiro atoms. The standard InChI is InChI=1S/C29H38N4O2/c1-19(2)26-15-23(20(3)14-27(26)33-12-7-13-33)18-31-29(34)32-24-10-11-25(28(16-24)35-5)22-9-6-8-21(4)30-17-22/h9-11,14-17,19,21H,6-8,12-13,18H2,1-5H3,(H2,31,32,34). The minimum atomic E-state index is -0.235. The zero-order valence-corrected chi connectivity index (χ0v) is 21.6. The smallest absolute Gasteiger partial charge is 0.319 e. The van der Waals surface area contributed by atoms with Crippen LogP contribution in [-0.4, -0.2) is 38.5 Å². The number of hydrogen-bond donors (Lipinski definition) is 2. The van der Waals surface area contributed by atoms with E-state index in [1.807, 2.05) is 24.4 Å². The molecule has 35 heavy (non-hydrogen) atoms. The summed E-state index contributed by atoms with van der Waals surface area (Å²) in [5, 5.41) is 5.97. The first-order chi connectivity index (χ1) is 16.9. The number of carbonyl (C=O) groups is 1. The van der Waals surface area contributed by atoms with E-state index in [9.17, 15) is 4.79 Å². The van der Waals surface area contributed by atoms with Crippen molar-refractivity contribution in [2.75, 3.05) is 30.4 Å². The lowest BCUT2D eigenvalue weighted by molar-refractivity contribution is 0.251. The average molecular weight is 475 g/mol. The molecule has 2 aliphatic rings. The minimum absolute atomic E-state index is 0.235. The molecule has 0 radical (unpaired) electrons. The van der Waals surface area contributed by atoms with Crippen molar-refractivity contribution in [1.82, 2.24) is 5.32 Å². The maximum atomic E-state index is 12.7. The number of ether oxygens (including phenoxy) is 1. The Hall–Kier alpha value is -3.28. The Labute approximate surface area is 209 Å². The third-order valence-corrected chi connectivity index (χ3v) is 6.93. The molecule has 186 valence electrons. The molecule has 6 heteroatoms. The van der Waals surface area contributed by atoms with E-state index in [0.29, 0.717) is 29.9 Å². The van der Waals surface area contributed by atoms with E-state index in [0.717, 1.165) is 42.6 Å². The van der Waals surface area contributed by atoms with Crippen LogP contribution in [0, 0.1) is 6.92 Å². The quantitative estimate of drug-likeness (QED) is 0.495. The third-order valence-electron chi connectivity index (χ3n) is 6.93. The molecule has 0 aliphatic carbocycles. The van der Waals surface area contributed by atoms with Gasteiger partial charge in [-0.3, -0.25) is 4.99 Å². The molecule has 2 amide bonds. The number of allylic oxidation sites excluding steroid dienone is 2. The zero-order valence-electron chi connectivity index (χ0n) is 21.6. The average Bonchev–Trinajstić information content (AvgIpc) is 3.01. The van der Waals surface area contributed by atoms with Crippen molar-refractivity contribution >= 4 is 29.2 Å². The highest BCUT2D eigenvalue weighted by atomic mass is 16.5. The van der Waals surface area contributed by atoms with Gasteiger partial charge in [0.1, 0.15) is 5.75 Å². The summed E-state index contributed by atoms with van der Waals surface area (Å²) in [4.78, 5) is 19.8. The summed E-state index contributed by atoms with van der Waals surface area (Å²) in [6.45, 7) is 11.4. The van der Waals surface area contributed by atoms with Crippen molar-refractivity contribution < 1.29 is 9.53 Å². The molecule has 4 rings (SSSR count). The number of nitrogens with zero attached hydrogens (tertiary/aromatic N) is 2. The molecular weight excluding hydrogens is 436 g/mol. The van der Waals surface area contributed by atoms with Crippen LogP contribution < -0.4 is 20.3 Å². The van der Waals surface area contributed by atoms with Gasteiger partial charge in [-0.2, -0.15) is 0 Å². The van der Waals surface area contributed by atoms with Crippen LogP contribution in [0.2, 0.25) is 0 Å². The van der Waals surface area contributed by atoms with Crippen LogP contribution in [-0.2, 0) is 6.54 Å². The van der Waals surface area contributed by atoms with Gasteiger partial charge in [-0.05, 0) is 79.5 Å². The normalized spacial score (nSPS) is 17.5. The minimum Gasteiger partial charge on any atom is -0.496 e. The van der Waals surface area contributed by atoms with Gasteiger partial charge >= 0.3 is 6.03 Å². The molecule has 1 unspecified atom stereocenters. The number of aryl methyl sites for hydroxylation is 1. The SMILES string of the molecule is COc1cc(NC(=O)NCc2cc(C(C)C)c(N3CCC3)cc2C)ccc1C1=CCCC(C)N=C1. The summed E-state index contributed by atoms with van der Waals surface area (Å²) >= 11 is 0. The predicted molar refractivity (Wildman–Crippen MR) is 146 cm³/mol. The van der Waals surface area contributed by atoms with E-state index in [1.54, 1.807) is 7.11 Å². The topological polar surface area (TPSA) is 66.0 Å². The summed E-state index contributed by atoms with van der Waals surface area (Å²) in [5.74, 6) is 1.15. The van der Waals surface area contributed by atoms with Crippen molar-refractivity contribution in [3.63, 3.8) is 0 Å². The van der Waals surface area contributed by atoms with E-state index in [-0.39, 0.29) is 6.03 Å². The van der Waals surface area contributed by atoms with Gasteiger partial charge in [-0.25, -0.2) is 4.79 Å². The van der Waals surface area contributed by atoms with Crippen LogP contribution in [0.3, 0.4) is 0 Å². The highest BCUT2D eigenvalue weighted by Crippen LogP contribution is 2.33. The van der Waals surface area contributed by atoms with E-state index in [1.165, 1.54) is 23.2 Å². The number of rotatable bonds is 7. The van der Waals surface area contributed by atoms with Crippen LogP contribution in [0.5, 0.6) is 5.75 Å². The highest BCUT2D eigenvalue weighted by Gasteiger charge is 2.20. The molecule has 1 atom stereocenters. The lowest BCUT2D eigenvalue weighted by Gasteiger charge is -2.36. The Balaban J connectivity index is 1.43. The Morgan fingerprint density at radius 2 is 2.03 bits per heavy atom. The summed E-state index contributed by atoms with van der Waals surface area (Å²) in [7, 11) is 1.65. The number of methoxy groups -OCH3 is 1. The van der Waals surface area contributed by atoms with Crippen molar-refractivity contribution in [1.29, 1.82) is 0 Å². The van der Waals surface area contributed by atoms with Gasteiger partial charge in [0.15, 0.2) is 0 Å². The second-order valence-corrected chi connectivity index (χ2v) is 9.92. The second-order valence-electron chi connectivity index (χ2n) is 9.92. The second kappa shape index (κ2) is 11.0. The zero-order chi connectivity index (χ0) is 24.9. The molecule has 2 aromatic rings. The monoisotopic (exact) mass is 474 g/mol. The number of carbonyl (C=O) groups excluding carboxylic acids is 1. The van der Waals surface area contributed by atoms with Gasteiger partial charge in [-0.15, -0.1) is 0 Å². The fourth-order valence-corrected chi connectivity index (χ4v) is 4.59. The molecule has 1 saturated heterocycles. The van der Waals surface area contributed by atoms with E-state index in [4.69, 9.17) is 4.74 Å². The maximum absolute atomic E-state index is 12.7. The number of hydrogen-bond acceptors (Lipinski definition) is 4. The van der Waals surface area contributed by atoms with Crippen LogP contribution in [0.25, 0.3) is 5.57 Å². The van der Waals surface area contributed by atoms with E-state index >= 15 is 0 Å². The highest BCUT2D eigenvalue weighted by molar-refractivity contribution is 6.11. The Morgan fingerprint density at radius 1 is 1.23 bits per heavy atom. The maximum Gasteiger partial charge on any atom is 0.319 e. The van der Waals surface area contributed by atoms with Crippen molar-refractivity contribution in [3.8, 4) is 5.75 Å². The van der Waals surface area contributed by atoms with Crippen LogP contribution >= 0.6 is 0 Å².